The van der Waals surface area contributed by atoms with Gasteiger partial charge >= 0.3 is 0 Å². The van der Waals surface area contributed by atoms with Gasteiger partial charge in [0.1, 0.15) is 6.61 Å². The summed E-state index contributed by atoms with van der Waals surface area (Å²) in [5.41, 5.74) is 1.74. The predicted octanol–water partition coefficient (Wildman–Crippen LogP) is 5.72. The van der Waals surface area contributed by atoms with Gasteiger partial charge in [-0.1, -0.05) is 52.3 Å². The quantitative estimate of drug-likeness (QED) is 0.314. The summed E-state index contributed by atoms with van der Waals surface area (Å²) in [5, 5.41) is 0.117. The highest BCUT2D eigenvalue weighted by Gasteiger charge is 2.34. The van der Waals surface area contributed by atoms with Gasteiger partial charge in [-0.2, -0.15) is 8.42 Å². The predicted molar refractivity (Wildman–Crippen MR) is 145 cm³/mol. The minimum atomic E-state index is -3.98. The number of likely N-dealkylation sites (N-methyl/N-ethyl adjacent to an activating group) is 1. The largest absolute Gasteiger partial charge is 0.493 e. The van der Waals surface area contributed by atoms with Gasteiger partial charge in [0.25, 0.3) is 15.9 Å². The molecular formula is C26H23BrN2O5S2. The minimum Gasteiger partial charge on any atom is -0.493 e. The number of halogens is 1. The molecule has 1 aliphatic rings. The van der Waals surface area contributed by atoms with Crippen molar-refractivity contribution in [2.24, 2.45) is 4.40 Å². The topological polar surface area (TPSA) is 85.3 Å². The summed E-state index contributed by atoms with van der Waals surface area (Å²) < 4.78 is 41.7. The molecule has 1 saturated heterocycles. The fourth-order valence-corrected chi connectivity index (χ4v) is 5.91. The van der Waals surface area contributed by atoms with E-state index in [1.165, 1.54) is 17.0 Å². The molecule has 0 atom stereocenters. The van der Waals surface area contributed by atoms with E-state index in [-0.39, 0.29) is 22.5 Å². The first kappa shape index (κ1) is 26.0. The van der Waals surface area contributed by atoms with E-state index in [1.807, 2.05) is 36.4 Å². The Morgan fingerprint density at radius 1 is 1.03 bits per heavy atom. The zero-order chi connectivity index (χ0) is 25.7. The van der Waals surface area contributed by atoms with Gasteiger partial charge in [-0.15, -0.1) is 4.40 Å². The van der Waals surface area contributed by atoms with Crippen LogP contribution in [0.25, 0.3) is 6.08 Å². The van der Waals surface area contributed by atoms with Crippen LogP contribution < -0.4 is 9.47 Å². The Morgan fingerprint density at radius 3 is 2.42 bits per heavy atom. The van der Waals surface area contributed by atoms with Crippen molar-refractivity contribution in [1.82, 2.24) is 4.90 Å². The van der Waals surface area contributed by atoms with Crippen molar-refractivity contribution in [1.29, 1.82) is 0 Å². The summed E-state index contributed by atoms with van der Waals surface area (Å²) in [5.74, 6) is 0.789. The zero-order valence-electron chi connectivity index (χ0n) is 19.5. The molecule has 3 aromatic rings. The second-order valence-electron chi connectivity index (χ2n) is 7.65. The van der Waals surface area contributed by atoms with Crippen LogP contribution in [0.3, 0.4) is 0 Å². The number of hydrogen-bond donors (Lipinski definition) is 0. The molecule has 0 unspecified atom stereocenters. The minimum absolute atomic E-state index is 0.0514. The van der Waals surface area contributed by atoms with E-state index in [0.717, 1.165) is 21.8 Å². The SMILES string of the molecule is CCN1C(=O)/C(=C/c2ccc(OCc3ccccc3)c(OC)c2)SC1=NS(=O)(=O)c1ccc(Br)cc1. The first-order valence-corrected chi connectivity index (χ1v) is 14.0. The van der Waals surface area contributed by atoms with Crippen LogP contribution in [0.5, 0.6) is 11.5 Å². The number of sulfonamides is 1. The monoisotopic (exact) mass is 586 g/mol. The molecule has 7 nitrogen and oxygen atoms in total. The molecule has 0 radical (unpaired) electrons. The zero-order valence-corrected chi connectivity index (χ0v) is 22.8. The van der Waals surface area contributed by atoms with Gasteiger partial charge in [0.15, 0.2) is 16.7 Å². The number of amides is 1. The molecule has 1 heterocycles. The molecular weight excluding hydrogens is 564 g/mol. The number of nitrogens with zero attached hydrogens (tertiary/aromatic N) is 2. The van der Waals surface area contributed by atoms with Crippen LogP contribution in [0, 0.1) is 0 Å². The summed E-state index contributed by atoms with van der Waals surface area (Å²) in [4.78, 5) is 14.8. The van der Waals surface area contributed by atoms with Crippen LogP contribution in [0.2, 0.25) is 0 Å². The van der Waals surface area contributed by atoms with Crippen LogP contribution in [-0.4, -0.2) is 38.0 Å². The molecule has 0 aromatic heterocycles. The van der Waals surface area contributed by atoms with Crippen molar-refractivity contribution in [3.8, 4) is 11.5 Å². The fraction of sp³-hybridized carbons (Fsp3) is 0.154. The molecule has 36 heavy (non-hydrogen) atoms. The number of amidine groups is 1. The van der Waals surface area contributed by atoms with Gasteiger partial charge < -0.3 is 9.47 Å². The van der Waals surface area contributed by atoms with Crippen molar-refractivity contribution in [3.05, 3.63) is 93.3 Å². The van der Waals surface area contributed by atoms with Crippen molar-refractivity contribution in [3.63, 3.8) is 0 Å². The normalized spacial score (nSPS) is 16.1. The van der Waals surface area contributed by atoms with Crippen molar-refractivity contribution in [2.45, 2.75) is 18.4 Å². The van der Waals surface area contributed by atoms with Crippen molar-refractivity contribution >= 4 is 54.9 Å². The second-order valence-corrected chi connectivity index (χ2v) is 11.2. The number of carbonyl (C=O) groups is 1. The number of rotatable bonds is 8. The van der Waals surface area contributed by atoms with Gasteiger partial charge in [-0.3, -0.25) is 9.69 Å². The van der Waals surface area contributed by atoms with Crippen molar-refractivity contribution < 1.29 is 22.7 Å². The molecule has 1 fully saturated rings. The first-order chi connectivity index (χ1) is 17.3. The molecule has 0 N–H and O–H groups in total. The van der Waals surface area contributed by atoms with Gasteiger partial charge in [0.2, 0.25) is 0 Å². The number of methoxy groups -OCH3 is 1. The third-order valence-corrected chi connectivity index (χ3v) is 8.17. The lowest BCUT2D eigenvalue weighted by Crippen LogP contribution is -2.29. The van der Waals surface area contributed by atoms with Crippen molar-refractivity contribution in [2.75, 3.05) is 13.7 Å². The standard InChI is InChI=1S/C26H23BrN2O5S2/c1-3-29-25(30)24(35-26(29)28-36(31,32)21-12-10-20(27)11-13-21)16-19-9-14-22(23(15-19)33-2)34-17-18-7-5-4-6-8-18/h4-16H,3,17H2,1-2H3/b24-16-,28-26?. The van der Waals surface area contributed by atoms with E-state index >= 15 is 0 Å². The van der Waals surface area contributed by atoms with Gasteiger partial charge in [0.05, 0.1) is 16.9 Å². The number of ether oxygens (including phenoxy) is 2. The second kappa shape index (κ2) is 11.3. The van der Waals surface area contributed by atoms with Crippen LogP contribution in [-0.2, 0) is 21.4 Å². The lowest BCUT2D eigenvalue weighted by atomic mass is 10.1. The van der Waals surface area contributed by atoms with Gasteiger partial charge in [-0.25, -0.2) is 0 Å². The Kier molecular flexibility index (Phi) is 8.17. The summed E-state index contributed by atoms with van der Waals surface area (Å²) in [6.07, 6.45) is 1.69. The highest BCUT2D eigenvalue weighted by atomic mass is 79.9. The molecule has 1 aliphatic heterocycles. The molecule has 186 valence electrons. The smallest absolute Gasteiger partial charge is 0.284 e. The van der Waals surface area contributed by atoms with E-state index < -0.39 is 10.0 Å². The lowest BCUT2D eigenvalue weighted by molar-refractivity contribution is -0.122. The molecule has 0 bridgehead atoms. The van der Waals surface area contributed by atoms with E-state index in [4.69, 9.17) is 9.47 Å². The number of thioether (sulfide) groups is 1. The maximum absolute atomic E-state index is 13.0. The average Bonchev–Trinajstić information content (AvgIpc) is 3.16. The van der Waals surface area contributed by atoms with E-state index in [1.54, 1.807) is 44.4 Å². The Balaban J connectivity index is 1.57. The Labute approximate surface area is 223 Å². The van der Waals surface area contributed by atoms with Crippen LogP contribution in [0.15, 0.2) is 91.5 Å². The van der Waals surface area contributed by atoms with Gasteiger partial charge in [0, 0.05) is 11.0 Å². The number of benzene rings is 3. The third-order valence-electron chi connectivity index (χ3n) is 5.24. The first-order valence-electron chi connectivity index (χ1n) is 11.0. The summed E-state index contributed by atoms with van der Waals surface area (Å²) in [6, 6.07) is 21.3. The third kappa shape index (κ3) is 6.00. The van der Waals surface area contributed by atoms with E-state index in [2.05, 4.69) is 20.3 Å². The summed E-state index contributed by atoms with van der Waals surface area (Å²) in [6.45, 7) is 2.45. The van der Waals surface area contributed by atoms with E-state index in [9.17, 15) is 13.2 Å². The molecule has 4 rings (SSSR count). The number of hydrogen-bond acceptors (Lipinski definition) is 6. The highest BCUT2D eigenvalue weighted by molar-refractivity contribution is 9.10. The molecule has 3 aromatic carbocycles. The molecule has 1 amide bonds. The molecule has 0 aliphatic carbocycles. The maximum Gasteiger partial charge on any atom is 0.284 e. The Bertz CT molecular complexity index is 1420. The Morgan fingerprint density at radius 2 is 1.75 bits per heavy atom. The average molecular weight is 588 g/mol. The summed E-state index contributed by atoms with van der Waals surface area (Å²) >= 11 is 4.31. The fourth-order valence-electron chi connectivity index (χ4n) is 3.40. The van der Waals surface area contributed by atoms with E-state index in [0.29, 0.717) is 28.6 Å². The van der Waals surface area contributed by atoms with Gasteiger partial charge in [-0.05, 0) is 72.3 Å². The van der Waals surface area contributed by atoms with Crippen LogP contribution in [0.4, 0.5) is 0 Å². The lowest BCUT2D eigenvalue weighted by Gasteiger charge is -2.12. The maximum atomic E-state index is 13.0. The molecule has 10 heteroatoms. The number of carbonyl (C=O) groups excluding carboxylic acids is 1. The summed E-state index contributed by atoms with van der Waals surface area (Å²) in [7, 11) is -2.43. The van der Waals surface area contributed by atoms with Crippen LogP contribution in [0.1, 0.15) is 18.1 Å². The van der Waals surface area contributed by atoms with Crippen LogP contribution >= 0.6 is 27.7 Å². The Hall–Kier alpha value is -3.08. The highest BCUT2D eigenvalue weighted by Crippen LogP contribution is 2.35. The molecule has 0 saturated carbocycles. The molecule has 0 spiro atoms.